The van der Waals surface area contributed by atoms with Crippen LogP contribution < -0.4 is 14.2 Å². The van der Waals surface area contributed by atoms with E-state index >= 15 is 0 Å². The summed E-state index contributed by atoms with van der Waals surface area (Å²) in [6.45, 7) is 5.51. The molecule has 3 aromatic rings. The van der Waals surface area contributed by atoms with Gasteiger partial charge in [-0.25, -0.2) is 14.5 Å². The minimum absolute atomic E-state index is 0.245. The number of nitrogens with zero attached hydrogens (tertiary/aromatic N) is 3. The Morgan fingerprint density at radius 2 is 1.74 bits per heavy atom. The van der Waals surface area contributed by atoms with Crippen molar-refractivity contribution in [3.8, 4) is 23.2 Å². The van der Waals surface area contributed by atoms with E-state index in [1.165, 1.54) is 24.6 Å². The van der Waals surface area contributed by atoms with Gasteiger partial charge in [0, 0.05) is 18.0 Å². The molecule has 8 nitrogen and oxygen atoms in total. The van der Waals surface area contributed by atoms with Crippen molar-refractivity contribution in [2.45, 2.75) is 45.4 Å². The van der Waals surface area contributed by atoms with Crippen LogP contribution in [0, 0.1) is 0 Å². The number of aromatic nitrogens is 3. The van der Waals surface area contributed by atoms with E-state index < -0.39 is 23.3 Å². The summed E-state index contributed by atoms with van der Waals surface area (Å²) < 4.78 is 56.5. The quantitative estimate of drug-likeness (QED) is 0.378. The normalized spacial score (nSPS) is 11.8. The van der Waals surface area contributed by atoms with Crippen molar-refractivity contribution in [2.75, 3.05) is 13.2 Å². The summed E-state index contributed by atoms with van der Waals surface area (Å²) in [5, 5.41) is 13.4. The third-order valence-corrected chi connectivity index (χ3v) is 4.91. The average molecular weight is 493 g/mol. The molecular weight excluding hydrogens is 467 g/mol. The molecule has 2 heterocycles. The minimum atomic E-state index is -4.46. The molecular formula is C24H26F3N3O5. The molecule has 0 aliphatic rings. The summed E-state index contributed by atoms with van der Waals surface area (Å²) in [6.07, 6.45) is -0.832. The highest BCUT2D eigenvalue weighted by atomic mass is 19.4. The first-order chi connectivity index (χ1) is 16.5. The lowest BCUT2D eigenvalue weighted by Gasteiger charge is -2.21. The highest BCUT2D eigenvalue weighted by molar-refractivity contribution is 5.76. The molecule has 0 saturated heterocycles. The lowest BCUT2D eigenvalue weighted by molar-refractivity contribution is -0.152. The van der Waals surface area contributed by atoms with Gasteiger partial charge in [-0.15, -0.1) is 5.10 Å². The third-order valence-electron chi connectivity index (χ3n) is 4.91. The Morgan fingerprint density at radius 1 is 1.06 bits per heavy atom. The van der Waals surface area contributed by atoms with E-state index in [1.54, 1.807) is 30.5 Å². The van der Waals surface area contributed by atoms with E-state index in [4.69, 9.17) is 19.3 Å². The van der Waals surface area contributed by atoms with Crippen LogP contribution in [0.2, 0.25) is 0 Å². The zero-order valence-electron chi connectivity index (χ0n) is 19.5. The van der Waals surface area contributed by atoms with Gasteiger partial charge in [-0.2, -0.15) is 13.2 Å². The largest absolute Gasteiger partial charge is 0.494 e. The number of benzene rings is 1. The number of halogens is 3. The van der Waals surface area contributed by atoms with Crippen molar-refractivity contribution >= 4 is 5.97 Å². The van der Waals surface area contributed by atoms with Gasteiger partial charge in [-0.3, -0.25) is 0 Å². The number of hydrogen-bond acceptors (Lipinski definition) is 6. The topological polar surface area (TPSA) is 95.7 Å². The SMILES string of the molecule is CCOc1nn(-c2ccc(C(F)(F)F)cn2)cc1CCCOc1ccc(OC(C)(C)C(=O)O)cc1. The molecule has 2 aromatic heterocycles. The van der Waals surface area contributed by atoms with Gasteiger partial charge >= 0.3 is 12.1 Å². The second-order valence-electron chi connectivity index (χ2n) is 8.08. The number of aryl methyl sites for hydroxylation is 1. The molecule has 0 radical (unpaired) electrons. The van der Waals surface area contributed by atoms with Gasteiger partial charge in [0.05, 0.1) is 18.8 Å². The van der Waals surface area contributed by atoms with E-state index in [-0.39, 0.29) is 5.82 Å². The monoisotopic (exact) mass is 493 g/mol. The lowest BCUT2D eigenvalue weighted by atomic mass is 10.1. The fourth-order valence-electron chi connectivity index (χ4n) is 3.02. The number of aliphatic carboxylic acids is 1. The Morgan fingerprint density at radius 3 is 2.31 bits per heavy atom. The number of carbonyl (C=O) groups is 1. The van der Waals surface area contributed by atoms with Crippen LogP contribution in [-0.2, 0) is 17.4 Å². The van der Waals surface area contributed by atoms with E-state index in [2.05, 4.69) is 10.1 Å². The average Bonchev–Trinajstić information content (AvgIpc) is 3.20. The summed E-state index contributed by atoms with van der Waals surface area (Å²) >= 11 is 0. The van der Waals surface area contributed by atoms with Gasteiger partial charge in [-0.05, 0) is 70.0 Å². The molecule has 0 aliphatic carbocycles. The molecule has 0 atom stereocenters. The fraction of sp³-hybridized carbons (Fsp3) is 0.375. The van der Waals surface area contributed by atoms with Crippen LogP contribution in [0.25, 0.3) is 5.82 Å². The van der Waals surface area contributed by atoms with Crippen LogP contribution in [0.3, 0.4) is 0 Å². The first kappa shape index (κ1) is 25.9. The van der Waals surface area contributed by atoms with Gasteiger partial charge in [0.25, 0.3) is 0 Å². The Balaban J connectivity index is 1.58. The second kappa shape index (κ2) is 10.7. The van der Waals surface area contributed by atoms with Crippen molar-refractivity contribution in [1.29, 1.82) is 0 Å². The molecule has 188 valence electrons. The molecule has 0 aliphatic heterocycles. The zero-order chi connectivity index (χ0) is 25.6. The summed E-state index contributed by atoms with van der Waals surface area (Å²) in [5.74, 6) is 0.573. The number of carboxylic acid groups (broad SMARTS) is 1. The summed E-state index contributed by atoms with van der Waals surface area (Å²) in [7, 11) is 0. The zero-order valence-corrected chi connectivity index (χ0v) is 19.5. The van der Waals surface area contributed by atoms with Gasteiger partial charge in [0.1, 0.15) is 11.5 Å². The van der Waals surface area contributed by atoms with Gasteiger partial charge in [0.15, 0.2) is 11.4 Å². The number of hydrogen-bond donors (Lipinski definition) is 1. The predicted molar refractivity (Wildman–Crippen MR) is 120 cm³/mol. The lowest BCUT2D eigenvalue weighted by Crippen LogP contribution is -2.37. The molecule has 1 N–H and O–H groups in total. The molecule has 0 saturated carbocycles. The highest BCUT2D eigenvalue weighted by Gasteiger charge is 2.31. The van der Waals surface area contributed by atoms with Crippen LogP contribution >= 0.6 is 0 Å². The van der Waals surface area contributed by atoms with Crippen molar-refractivity contribution in [2.24, 2.45) is 0 Å². The van der Waals surface area contributed by atoms with Crippen LogP contribution in [0.5, 0.6) is 17.4 Å². The molecule has 3 rings (SSSR count). The Labute approximate surface area is 200 Å². The first-order valence-corrected chi connectivity index (χ1v) is 10.9. The van der Waals surface area contributed by atoms with Crippen molar-refractivity contribution in [1.82, 2.24) is 14.8 Å². The fourth-order valence-corrected chi connectivity index (χ4v) is 3.02. The minimum Gasteiger partial charge on any atom is -0.494 e. The van der Waals surface area contributed by atoms with Crippen LogP contribution in [0.1, 0.15) is 38.3 Å². The third kappa shape index (κ3) is 6.87. The van der Waals surface area contributed by atoms with E-state index in [1.807, 2.05) is 6.92 Å². The van der Waals surface area contributed by atoms with E-state index in [0.29, 0.717) is 43.4 Å². The first-order valence-electron chi connectivity index (χ1n) is 10.9. The molecule has 11 heteroatoms. The van der Waals surface area contributed by atoms with Crippen LogP contribution in [0.4, 0.5) is 13.2 Å². The maximum atomic E-state index is 12.8. The smallest absolute Gasteiger partial charge is 0.417 e. The Hall–Kier alpha value is -3.76. The van der Waals surface area contributed by atoms with Crippen molar-refractivity contribution in [3.63, 3.8) is 0 Å². The highest BCUT2D eigenvalue weighted by Crippen LogP contribution is 2.29. The summed E-state index contributed by atoms with van der Waals surface area (Å²) in [5.41, 5.74) is -1.40. The second-order valence-corrected chi connectivity index (χ2v) is 8.08. The Kier molecular flexibility index (Phi) is 7.88. The van der Waals surface area contributed by atoms with Gasteiger partial charge in [0.2, 0.25) is 5.88 Å². The number of pyridine rings is 1. The number of rotatable bonds is 11. The maximum absolute atomic E-state index is 12.8. The standard InChI is InChI=1S/C24H26F3N3O5/c1-4-33-21-16(15-30(29-21)20-12-7-17(14-28-20)24(25,26)27)6-5-13-34-18-8-10-19(11-9-18)35-23(2,3)22(31)32/h7-12,14-15H,4-6,13H2,1-3H3,(H,31,32). The van der Waals surface area contributed by atoms with E-state index in [0.717, 1.165) is 17.8 Å². The molecule has 0 spiro atoms. The molecule has 0 bridgehead atoms. The number of ether oxygens (including phenoxy) is 3. The van der Waals surface area contributed by atoms with Gasteiger partial charge in [-0.1, -0.05) is 0 Å². The van der Waals surface area contributed by atoms with Crippen molar-refractivity contribution < 1.29 is 37.3 Å². The molecule has 0 fully saturated rings. The number of carboxylic acids is 1. The maximum Gasteiger partial charge on any atom is 0.417 e. The molecule has 35 heavy (non-hydrogen) atoms. The molecule has 0 amide bonds. The summed E-state index contributed by atoms with van der Waals surface area (Å²) in [4.78, 5) is 15.0. The summed E-state index contributed by atoms with van der Waals surface area (Å²) in [6, 6.07) is 8.85. The van der Waals surface area contributed by atoms with E-state index in [9.17, 15) is 18.0 Å². The predicted octanol–water partition coefficient (Wildman–Crippen LogP) is 4.94. The Bertz CT molecular complexity index is 1130. The van der Waals surface area contributed by atoms with Crippen LogP contribution in [-0.4, -0.2) is 44.7 Å². The molecule has 0 unspecified atom stereocenters. The molecule has 1 aromatic carbocycles. The van der Waals surface area contributed by atoms with Crippen molar-refractivity contribution in [3.05, 3.63) is 59.9 Å². The van der Waals surface area contributed by atoms with Crippen LogP contribution in [0.15, 0.2) is 48.8 Å². The number of alkyl halides is 3. The van der Waals surface area contributed by atoms with Gasteiger partial charge < -0.3 is 19.3 Å².